The van der Waals surface area contributed by atoms with Crippen molar-refractivity contribution in [1.82, 2.24) is 9.97 Å². The number of nitrogens with one attached hydrogen (secondary N) is 1. The van der Waals surface area contributed by atoms with Crippen LogP contribution in [0.4, 0.5) is 0 Å². The van der Waals surface area contributed by atoms with E-state index < -0.39 is 0 Å². The van der Waals surface area contributed by atoms with Gasteiger partial charge in [-0.3, -0.25) is 4.79 Å². The third kappa shape index (κ3) is 1.96. The van der Waals surface area contributed by atoms with E-state index >= 15 is 0 Å². The summed E-state index contributed by atoms with van der Waals surface area (Å²) in [6.07, 6.45) is 2.28. The van der Waals surface area contributed by atoms with Gasteiger partial charge in [0, 0.05) is 17.0 Å². The van der Waals surface area contributed by atoms with E-state index in [4.69, 9.17) is 0 Å². The summed E-state index contributed by atoms with van der Waals surface area (Å²) in [5, 5.41) is 0. The smallest absolute Gasteiger partial charge is 0.254 e. The Labute approximate surface area is 106 Å². The second-order valence-corrected chi connectivity index (χ2v) is 5.07. The molecule has 3 nitrogen and oxygen atoms in total. The molecule has 3 rings (SSSR count). The molecular weight excluding hydrogens is 224 g/mol. The quantitative estimate of drug-likeness (QED) is 0.877. The van der Waals surface area contributed by atoms with Gasteiger partial charge in [0.05, 0.1) is 5.69 Å². The molecule has 0 atom stereocenters. The number of aromatic nitrogens is 2. The lowest BCUT2D eigenvalue weighted by Crippen LogP contribution is -2.15. The molecule has 0 amide bonds. The van der Waals surface area contributed by atoms with Gasteiger partial charge in [0.2, 0.25) is 0 Å². The minimum Gasteiger partial charge on any atom is -0.310 e. The van der Waals surface area contributed by atoms with Crippen molar-refractivity contribution in [3.63, 3.8) is 0 Å². The number of benzene rings is 1. The van der Waals surface area contributed by atoms with Crippen molar-refractivity contribution >= 4 is 0 Å². The Bertz CT molecular complexity index is 637. The maximum Gasteiger partial charge on any atom is 0.254 e. The van der Waals surface area contributed by atoms with Gasteiger partial charge in [-0.05, 0) is 26.7 Å². The highest BCUT2D eigenvalue weighted by Gasteiger charge is 2.27. The molecule has 0 bridgehead atoms. The van der Waals surface area contributed by atoms with Crippen molar-refractivity contribution in [3.8, 4) is 11.3 Å². The highest BCUT2D eigenvalue weighted by molar-refractivity contribution is 5.62. The number of H-pyrrole nitrogens is 1. The standard InChI is InChI=1S/C15H16N2O/c1-9-3-5-11(6-4-9)13-10(2)15(18)17-14(16-13)12-7-8-12/h3-6,12H,7-8H2,1-2H3,(H,16,17,18). The normalized spacial score (nSPS) is 14.8. The molecule has 18 heavy (non-hydrogen) atoms. The van der Waals surface area contributed by atoms with Crippen molar-refractivity contribution in [2.75, 3.05) is 0 Å². The van der Waals surface area contributed by atoms with Crippen LogP contribution in [0.2, 0.25) is 0 Å². The third-order valence-electron chi connectivity index (χ3n) is 3.46. The average Bonchev–Trinajstić information content (AvgIpc) is 3.18. The molecule has 1 saturated carbocycles. The monoisotopic (exact) mass is 240 g/mol. The predicted molar refractivity (Wildman–Crippen MR) is 71.7 cm³/mol. The Morgan fingerprint density at radius 3 is 2.44 bits per heavy atom. The Morgan fingerprint density at radius 2 is 1.83 bits per heavy atom. The minimum atomic E-state index is -0.0116. The summed E-state index contributed by atoms with van der Waals surface area (Å²) in [6, 6.07) is 8.16. The van der Waals surface area contributed by atoms with Gasteiger partial charge >= 0.3 is 0 Å². The molecule has 1 aromatic heterocycles. The van der Waals surface area contributed by atoms with Gasteiger partial charge < -0.3 is 4.98 Å². The number of hydrogen-bond donors (Lipinski definition) is 1. The summed E-state index contributed by atoms with van der Waals surface area (Å²) < 4.78 is 0. The SMILES string of the molecule is Cc1ccc(-c2nc(C3CC3)[nH]c(=O)c2C)cc1. The van der Waals surface area contributed by atoms with E-state index in [0.29, 0.717) is 11.5 Å². The topological polar surface area (TPSA) is 45.8 Å². The average molecular weight is 240 g/mol. The van der Waals surface area contributed by atoms with Gasteiger partial charge in [0.15, 0.2) is 0 Å². The summed E-state index contributed by atoms with van der Waals surface area (Å²) >= 11 is 0. The first kappa shape index (κ1) is 11.2. The maximum absolute atomic E-state index is 11.9. The fraction of sp³-hybridized carbons (Fsp3) is 0.333. The van der Waals surface area contributed by atoms with E-state index in [1.165, 1.54) is 5.56 Å². The summed E-state index contributed by atoms with van der Waals surface area (Å²) in [4.78, 5) is 19.5. The molecule has 0 saturated heterocycles. The molecule has 0 aliphatic heterocycles. The predicted octanol–water partition coefficient (Wildman–Crippen LogP) is 2.93. The molecule has 1 aliphatic carbocycles. The van der Waals surface area contributed by atoms with Crippen molar-refractivity contribution in [2.45, 2.75) is 32.6 Å². The molecule has 1 fully saturated rings. The number of aromatic amines is 1. The second kappa shape index (κ2) is 4.09. The summed E-state index contributed by atoms with van der Waals surface area (Å²) in [5.74, 6) is 1.31. The first-order valence-electron chi connectivity index (χ1n) is 6.33. The van der Waals surface area contributed by atoms with Crippen molar-refractivity contribution in [2.24, 2.45) is 0 Å². The fourth-order valence-corrected chi connectivity index (χ4v) is 2.09. The zero-order valence-corrected chi connectivity index (χ0v) is 10.7. The van der Waals surface area contributed by atoms with Crippen LogP contribution in [0.25, 0.3) is 11.3 Å². The van der Waals surface area contributed by atoms with E-state index in [9.17, 15) is 4.79 Å². The van der Waals surface area contributed by atoms with Crippen LogP contribution in [0.1, 0.15) is 35.7 Å². The number of aryl methyl sites for hydroxylation is 1. The van der Waals surface area contributed by atoms with E-state index in [0.717, 1.165) is 29.9 Å². The van der Waals surface area contributed by atoms with Crippen LogP contribution in [-0.2, 0) is 0 Å². The highest BCUT2D eigenvalue weighted by atomic mass is 16.1. The van der Waals surface area contributed by atoms with Crippen LogP contribution in [0.15, 0.2) is 29.1 Å². The molecular formula is C15H16N2O. The fourth-order valence-electron chi connectivity index (χ4n) is 2.09. The maximum atomic E-state index is 11.9. The highest BCUT2D eigenvalue weighted by Crippen LogP contribution is 2.38. The largest absolute Gasteiger partial charge is 0.310 e. The molecule has 0 radical (unpaired) electrons. The van der Waals surface area contributed by atoms with Gasteiger partial charge in [-0.15, -0.1) is 0 Å². The van der Waals surface area contributed by atoms with Gasteiger partial charge in [-0.2, -0.15) is 0 Å². The molecule has 92 valence electrons. The first-order valence-corrected chi connectivity index (χ1v) is 6.33. The van der Waals surface area contributed by atoms with Crippen molar-refractivity contribution < 1.29 is 0 Å². The van der Waals surface area contributed by atoms with Gasteiger partial charge in [-0.1, -0.05) is 29.8 Å². The molecule has 0 unspecified atom stereocenters. The second-order valence-electron chi connectivity index (χ2n) is 5.07. The Balaban J connectivity index is 2.15. The Hall–Kier alpha value is -1.90. The van der Waals surface area contributed by atoms with E-state index in [-0.39, 0.29) is 5.56 Å². The van der Waals surface area contributed by atoms with Crippen LogP contribution in [0.5, 0.6) is 0 Å². The van der Waals surface area contributed by atoms with Crippen molar-refractivity contribution in [3.05, 3.63) is 51.6 Å². The van der Waals surface area contributed by atoms with Gasteiger partial charge in [0.1, 0.15) is 5.82 Å². The molecule has 1 N–H and O–H groups in total. The van der Waals surface area contributed by atoms with Crippen LogP contribution < -0.4 is 5.56 Å². The number of nitrogens with zero attached hydrogens (tertiary/aromatic N) is 1. The summed E-state index contributed by atoms with van der Waals surface area (Å²) in [6.45, 7) is 3.88. The van der Waals surface area contributed by atoms with E-state index in [2.05, 4.69) is 29.0 Å². The van der Waals surface area contributed by atoms with Gasteiger partial charge in [-0.25, -0.2) is 4.98 Å². The summed E-state index contributed by atoms with van der Waals surface area (Å²) in [5.41, 5.74) is 3.74. The number of rotatable bonds is 2. The first-order chi connectivity index (χ1) is 8.65. The van der Waals surface area contributed by atoms with Gasteiger partial charge in [0.25, 0.3) is 5.56 Å². The van der Waals surface area contributed by atoms with Crippen LogP contribution in [-0.4, -0.2) is 9.97 Å². The lowest BCUT2D eigenvalue weighted by atomic mass is 10.1. The molecule has 1 aromatic carbocycles. The Morgan fingerprint density at radius 1 is 1.17 bits per heavy atom. The lowest BCUT2D eigenvalue weighted by Gasteiger charge is -2.07. The number of hydrogen-bond acceptors (Lipinski definition) is 2. The molecule has 2 aromatic rings. The van der Waals surface area contributed by atoms with E-state index in [1.54, 1.807) is 0 Å². The minimum absolute atomic E-state index is 0.0116. The molecule has 3 heteroatoms. The summed E-state index contributed by atoms with van der Waals surface area (Å²) in [7, 11) is 0. The molecule has 1 heterocycles. The van der Waals surface area contributed by atoms with Crippen LogP contribution in [0.3, 0.4) is 0 Å². The molecule has 1 aliphatic rings. The molecule has 0 spiro atoms. The lowest BCUT2D eigenvalue weighted by molar-refractivity contribution is 0.900. The van der Waals surface area contributed by atoms with Crippen LogP contribution >= 0.6 is 0 Å². The van der Waals surface area contributed by atoms with E-state index in [1.807, 2.05) is 19.1 Å². The zero-order chi connectivity index (χ0) is 12.7. The Kier molecular flexibility index (Phi) is 2.54. The van der Waals surface area contributed by atoms with Crippen molar-refractivity contribution in [1.29, 1.82) is 0 Å². The van der Waals surface area contributed by atoms with Crippen LogP contribution in [0, 0.1) is 13.8 Å². The third-order valence-corrected chi connectivity index (χ3v) is 3.46. The zero-order valence-electron chi connectivity index (χ0n) is 10.7.